The van der Waals surface area contributed by atoms with Crippen molar-refractivity contribution in [2.75, 3.05) is 13.1 Å². The summed E-state index contributed by atoms with van der Waals surface area (Å²) >= 11 is 0. The zero-order valence-corrected chi connectivity index (χ0v) is 13.9. The van der Waals surface area contributed by atoms with Crippen LogP contribution in [0.5, 0.6) is 0 Å². The van der Waals surface area contributed by atoms with Gasteiger partial charge in [-0.3, -0.25) is 0 Å². The molecule has 2 N–H and O–H groups in total. The minimum atomic E-state index is -0.628. The van der Waals surface area contributed by atoms with Crippen LogP contribution in [0.3, 0.4) is 0 Å². The molecule has 4 rings (SSSR count). The van der Waals surface area contributed by atoms with Crippen molar-refractivity contribution in [2.45, 2.75) is 25.5 Å². The number of nitrogens with zero attached hydrogens (tertiary/aromatic N) is 3. The molecule has 0 spiro atoms. The van der Waals surface area contributed by atoms with E-state index in [1.807, 2.05) is 16.7 Å². The Hall–Kier alpha value is -2.31. The van der Waals surface area contributed by atoms with Crippen LogP contribution >= 0.6 is 0 Å². The molecule has 0 saturated carbocycles. The highest BCUT2D eigenvalue weighted by Crippen LogP contribution is 2.30. The number of pyridine rings is 1. The van der Waals surface area contributed by atoms with Gasteiger partial charge in [0.2, 0.25) is 0 Å². The summed E-state index contributed by atoms with van der Waals surface area (Å²) in [4.78, 5) is 9.10. The molecule has 1 aliphatic rings. The van der Waals surface area contributed by atoms with E-state index in [-0.39, 0.29) is 11.7 Å². The number of rotatable bonds is 4. The van der Waals surface area contributed by atoms with Crippen LogP contribution < -0.4 is 5.32 Å². The monoisotopic (exact) mass is 340 g/mol. The van der Waals surface area contributed by atoms with Crippen LogP contribution in [0.4, 0.5) is 4.39 Å². The topological polar surface area (TPSA) is 63.0 Å². The minimum absolute atomic E-state index is 0.185. The molecule has 0 amide bonds. The first-order chi connectivity index (χ1) is 12.2. The number of aliphatic hydroxyl groups excluding tert-OH is 1. The van der Waals surface area contributed by atoms with Gasteiger partial charge in [-0.15, -0.1) is 0 Å². The van der Waals surface area contributed by atoms with Gasteiger partial charge >= 0.3 is 0 Å². The summed E-state index contributed by atoms with van der Waals surface area (Å²) in [5, 5.41) is 14.3. The van der Waals surface area contributed by atoms with Crippen molar-refractivity contribution in [3.8, 4) is 0 Å². The lowest BCUT2D eigenvalue weighted by molar-refractivity contribution is 0.0785. The third-order valence-electron chi connectivity index (χ3n) is 4.88. The van der Waals surface area contributed by atoms with E-state index in [2.05, 4.69) is 15.3 Å². The number of hydrogen-bond acceptors (Lipinski definition) is 4. The lowest BCUT2D eigenvalue weighted by Crippen LogP contribution is -2.31. The molecule has 3 heterocycles. The maximum Gasteiger partial charge on any atom is 0.160 e. The molecule has 3 aromatic rings. The Kier molecular flexibility index (Phi) is 4.46. The SMILES string of the molecule is OC(c1nc2cccnc2n1Cc1ccc(F)cc1)C1CCNCC1. The van der Waals surface area contributed by atoms with Gasteiger partial charge < -0.3 is 15.0 Å². The van der Waals surface area contributed by atoms with Gasteiger partial charge in [-0.2, -0.15) is 0 Å². The van der Waals surface area contributed by atoms with Crippen molar-refractivity contribution >= 4 is 11.2 Å². The molecule has 0 radical (unpaired) electrons. The average molecular weight is 340 g/mol. The molecular formula is C19H21FN4O. The molecule has 1 saturated heterocycles. The van der Waals surface area contributed by atoms with Gasteiger partial charge in [0.05, 0.1) is 6.54 Å². The fraction of sp³-hybridized carbons (Fsp3) is 0.368. The van der Waals surface area contributed by atoms with E-state index in [4.69, 9.17) is 0 Å². The van der Waals surface area contributed by atoms with Crippen molar-refractivity contribution in [1.29, 1.82) is 0 Å². The van der Waals surface area contributed by atoms with Gasteiger partial charge in [-0.1, -0.05) is 12.1 Å². The summed E-state index contributed by atoms with van der Waals surface area (Å²) in [5.74, 6) is 0.572. The fourth-order valence-corrected chi connectivity index (χ4v) is 3.50. The molecule has 0 aliphatic carbocycles. The highest BCUT2D eigenvalue weighted by Gasteiger charge is 2.28. The summed E-state index contributed by atoms with van der Waals surface area (Å²) < 4.78 is 15.1. The first-order valence-corrected chi connectivity index (χ1v) is 8.67. The van der Waals surface area contributed by atoms with E-state index < -0.39 is 6.10 Å². The molecule has 5 nitrogen and oxygen atoms in total. The number of imidazole rings is 1. The first-order valence-electron chi connectivity index (χ1n) is 8.67. The largest absolute Gasteiger partial charge is 0.385 e. The molecule has 1 unspecified atom stereocenters. The second-order valence-electron chi connectivity index (χ2n) is 6.56. The lowest BCUT2D eigenvalue weighted by atomic mass is 9.91. The highest BCUT2D eigenvalue weighted by atomic mass is 19.1. The molecule has 1 atom stereocenters. The van der Waals surface area contributed by atoms with Crippen LogP contribution in [-0.4, -0.2) is 32.7 Å². The number of aromatic nitrogens is 3. The molecule has 25 heavy (non-hydrogen) atoms. The number of aliphatic hydroxyl groups is 1. The first kappa shape index (κ1) is 16.2. The lowest BCUT2D eigenvalue weighted by Gasteiger charge is -2.27. The summed E-state index contributed by atoms with van der Waals surface area (Å²) in [6.07, 6.45) is 2.95. The van der Waals surface area contributed by atoms with Gasteiger partial charge in [-0.25, -0.2) is 14.4 Å². The van der Waals surface area contributed by atoms with Crippen molar-refractivity contribution < 1.29 is 9.50 Å². The molecule has 6 heteroatoms. The molecule has 1 aliphatic heterocycles. The third-order valence-corrected chi connectivity index (χ3v) is 4.88. The number of nitrogens with one attached hydrogen (secondary N) is 1. The molecule has 1 fully saturated rings. The van der Waals surface area contributed by atoms with E-state index in [1.54, 1.807) is 18.3 Å². The number of halogens is 1. The van der Waals surface area contributed by atoms with Crippen molar-refractivity contribution in [2.24, 2.45) is 5.92 Å². The number of hydrogen-bond donors (Lipinski definition) is 2. The predicted octanol–water partition coefficient (Wildman–Crippen LogP) is 2.65. The second kappa shape index (κ2) is 6.90. The minimum Gasteiger partial charge on any atom is -0.385 e. The van der Waals surface area contributed by atoms with Crippen LogP contribution in [0, 0.1) is 11.7 Å². The number of benzene rings is 1. The Labute approximate surface area is 145 Å². The van der Waals surface area contributed by atoms with E-state index in [1.165, 1.54) is 12.1 Å². The zero-order valence-electron chi connectivity index (χ0n) is 13.9. The maximum atomic E-state index is 13.2. The average Bonchev–Trinajstić information content (AvgIpc) is 3.02. The van der Waals surface area contributed by atoms with Crippen molar-refractivity contribution in [3.63, 3.8) is 0 Å². The van der Waals surface area contributed by atoms with Crippen LogP contribution in [0.15, 0.2) is 42.6 Å². The van der Waals surface area contributed by atoms with E-state index >= 15 is 0 Å². The van der Waals surface area contributed by atoms with Crippen molar-refractivity contribution in [3.05, 3.63) is 59.8 Å². The summed E-state index contributed by atoms with van der Waals surface area (Å²) in [7, 11) is 0. The van der Waals surface area contributed by atoms with Crippen LogP contribution in [-0.2, 0) is 6.54 Å². The molecular weight excluding hydrogens is 319 g/mol. The zero-order chi connectivity index (χ0) is 17.2. The van der Waals surface area contributed by atoms with E-state index in [0.29, 0.717) is 12.4 Å². The Morgan fingerprint density at radius 2 is 1.96 bits per heavy atom. The van der Waals surface area contributed by atoms with Gasteiger partial charge in [-0.05, 0) is 61.7 Å². The molecule has 130 valence electrons. The van der Waals surface area contributed by atoms with Crippen LogP contribution in [0.2, 0.25) is 0 Å². The second-order valence-corrected chi connectivity index (χ2v) is 6.56. The van der Waals surface area contributed by atoms with Crippen LogP contribution in [0.25, 0.3) is 11.2 Å². The van der Waals surface area contributed by atoms with Gasteiger partial charge in [0.1, 0.15) is 23.3 Å². The number of fused-ring (bicyclic) bond motifs is 1. The normalized spacial score (nSPS) is 17.0. The quantitative estimate of drug-likeness (QED) is 0.766. The van der Waals surface area contributed by atoms with Gasteiger partial charge in [0.25, 0.3) is 0 Å². The third kappa shape index (κ3) is 3.27. The summed E-state index contributed by atoms with van der Waals surface area (Å²) in [6, 6.07) is 10.2. The van der Waals surface area contributed by atoms with Gasteiger partial charge in [0.15, 0.2) is 5.65 Å². The molecule has 1 aromatic carbocycles. The van der Waals surface area contributed by atoms with Crippen LogP contribution in [0.1, 0.15) is 30.3 Å². The molecule has 0 bridgehead atoms. The standard InChI is InChI=1S/C19H21FN4O/c20-15-5-3-13(4-6-15)12-24-18-16(2-1-9-22-18)23-19(24)17(25)14-7-10-21-11-8-14/h1-6,9,14,17,21,25H,7-8,10-12H2. The predicted molar refractivity (Wildman–Crippen MR) is 93.6 cm³/mol. The Bertz CT molecular complexity index is 855. The Morgan fingerprint density at radius 3 is 2.72 bits per heavy atom. The van der Waals surface area contributed by atoms with E-state index in [9.17, 15) is 9.50 Å². The molecule has 2 aromatic heterocycles. The maximum absolute atomic E-state index is 13.2. The van der Waals surface area contributed by atoms with E-state index in [0.717, 1.165) is 42.7 Å². The number of piperidine rings is 1. The highest BCUT2D eigenvalue weighted by molar-refractivity contribution is 5.71. The fourth-order valence-electron chi connectivity index (χ4n) is 3.50. The van der Waals surface area contributed by atoms with Crippen molar-refractivity contribution in [1.82, 2.24) is 19.9 Å². The summed E-state index contributed by atoms with van der Waals surface area (Å²) in [6.45, 7) is 2.33. The Morgan fingerprint density at radius 1 is 1.20 bits per heavy atom. The Balaban J connectivity index is 1.73. The smallest absolute Gasteiger partial charge is 0.160 e. The van der Waals surface area contributed by atoms with Gasteiger partial charge in [0, 0.05) is 6.20 Å². The summed E-state index contributed by atoms with van der Waals surface area (Å²) in [5.41, 5.74) is 2.47.